The van der Waals surface area contributed by atoms with Gasteiger partial charge in [-0.15, -0.1) is 0 Å². The molecular formula is C19H22N2O4. The number of hydrogen-bond acceptors (Lipinski definition) is 4. The fourth-order valence-corrected chi connectivity index (χ4v) is 2.42. The zero-order valence-corrected chi connectivity index (χ0v) is 14.2. The molecule has 2 rings (SSSR count). The summed E-state index contributed by atoms with van der Waals surface area (Å²) in [5.74, 6) is -0.392. The number of rotatable bonds is 6. The van der Waals surface area contributed by atoms with Crippen molar-refractivity contribution < 1.29 is 19.4 Å². The van der Waals surface area contributed by atoms with Gasteiger partial charge < -0.3 is 20.5 Å². The van der Waals surface area contributed by atoms with Crippen LogP contribution in [-0.2, 0) is 16.0 Å². The molecular weight excluding hydrogens is 320 g/mol. The molecule has 0 heterocycles. The number of aromatic hydroxyl groups is 1. The van der Waals surface area contributed by atoms with Crippen molar-refractivity contribution in [3.63, 3.8) is 0 Å². The monoisotopic (exact) mass is 342 g/mol. The van der Waals surface area contributed by atoms with E-state index < -0.39 is 18.0 Å². The average Bonchev–Trinajstić information content (AvgIpc) is 2.63. The minimum Gasteiger partial charge on any atom is -0.508 e. The molecule has 0 saturated carbocycles. The van der Waals surface area contributed by atoms with Gasteiger partial charge in [0.05, 0.1) is 13.2 Å². The number of ether oxygens (including phenoxy) is 1. The third-order valence-corrected chi connectivity index (χ3v) is 3.81. The number of nitrogens with one attached hydrogen (secondary N) is 2. The molecule has 0 unspecified atom stereocenters. The van der Waals surface area contributed by atoms with Crippen LogP contribution in [0.3, 0.4) is 0 Å². The molecule has 6 nitrogen and oxygen atoms in total. The predicted molar refractivity (Wildman–Crippen MR) is 94.1 cm³/mol. The van der Waals surface area contributed by atoms with Gasteiger partial charge in [0, 0.05) is 6.42 Å². The van der Waals surface area contributed by atoms with E-state index in [2.05, 4.69) is 10.6 Å². The molecule has 132 valence electrons. The summed E-state index contributed by atoms with van der Waals surface area (Å²) < 4.78 is 4.77. The van der Waals surface area contributed by atoms with Crippen LogP contribution in [0.25, 0.3) is 0 Å². The van der Waals surface area contributed by atoms with E-state index in [9.17, 15) is 14.7 Å². The molecule has 0 radical (unpaired) electrons. The predicted octanol–water partition coefficient (Wildman–Crippen LogP) is 2.54. The van der Waals surface area contributed by atoms with Crippen molar-refractivity contribution in [1.29, 1.82) is 0 Å². The van der Waals surface area contributed by atoms with Crippen molar-refractivity contribution in [3.8, 4) is 5.75 Å². The number of esters is 1. The highest BCUT2D eigenvalue weighted by molar-refractivity contribution is 5.84. The number of carbonyl (C=O) groups excluding carboxylic acids is 2. The molecule has 0 aliphatic rings. The highest BCUT2D eigenvalue weighted by atomic mass is 16.5. The summed E-state index contributed by atoms with van der Waals surface area (Å²) >= 11 is 0. The normalized spacial score (nSPS) is 12.7. The lowest BCUT2D eigenvalue weighted by atomic mass is 10.1. The number of hydrogen-bond donors (Lipinski definition) is 3. The number of benzene rings is 2. The molecule has 2 atom stereocenters. The van der Waals surface area contributed by atoms with Crippen LogP contribution in [0.2, 0.25) is 0 Å². The zero-order chi connectivity index (χ0) is 18.2. The summed E-state index contributed by atoms with van der Waals surface area (Å²) in [5, 5.41) is 14.8. The maximum absolute atomic E-state index is 12.2. The quantitative estimate of drug-likeness (QED) is 0.704. The number of amides is 2. The smallest absolute Gasteiger partial charge is 0.328 e. The van der Waals surface area contributed by atoms with Crippen LogP contribution in [0, 0.1) is 0 Å². The van der Waals surface area contributed by atoms with Crippen molar-refractivity contribution in [2.24, 2.45) is 0 Å². The Kier molecular flexibility index (Phi) is 6.39. The Balaban J connectivity index is 1.99. The second-order valence-corrected chi connectivity index (χ2v) is 5.70. The molecule has 2 aromatic carbocycles. The first-order valence-electron chi connectivity index (χ1n) is 7.97. The van der Waals surface area contributed by atoms with Crippen LogP contribution < -0.4 is 10.6 Å². The fourth-order valence-electron chi connectivity index (χ4n) is 2.42. The van der Waals surface area contributed by atoms with Crippen molar-refractivity contribution in [2.45, 2.75) is 25.4 Å². The largest absolute Gasteiger partial charge is 0.508 e. The van der Waals surface area contributed by atoms with Crippen molar-refractivity contribution in [3.05, 3.63) is 65.7 Å². The van der Waals surface area contributed by atoms with Crippen LogP contribution in [0.5, 0.6) is 5.75 Å². The molecule has 0 spiro atoms. The van der Waals surface area contributed by atoms with Crippen LogP contribution >= 0.6 is 0 Å². The lowest BCUT2D eigenvalue weighted by Gasteiger charge is -2.20. The van der Waals surface area contributed by atoms with Gasteiger partial charge in [0.2, 0.25) is 0 Å². The minimum absolute atomic E-state index is 0.140. The Hall–Kier alpha value is -3.02. The summed E-state index contributed by atoms with van der Waals surface area (Å²) in [6, 6.07) is 14.5. The third kappa shape index (κ3) is 5.53. The molecule has 2 amide bonds. The van der Waals surface area contributed by atoms with Crippen LogP contribution in [0.1, 0.15) is 24.1 Å². The standard InChI is InChI=1S/C19H22N2O4/c1-13(15-6-4-3-5-7-15)20-19(24)21-17(18(23)25-2)12-14-8-10-16(22)11-9-14/h3-11,13,17,22H,12H2,1-2H3,(H2,20,21,24)/t13-,17+/m1/s1. The number of methoxy groups -OCH3 is 1. The molecule has 2 aromatic rings. The SMILES string of the molecule is COC(=O)[C@H](Cc1ccc(O)cc1)NC(=O)N[C@H](C)c1ccccc1. The molecule has 0 fully saturated rings. The molecule has 6 heteroatoms. The molecule has 3 N–H and O–H groups in total. The van der Waals surface area contributed by atoms with Crippen LogP contribution in [-0.4, -0.2) is 30.3 Å². The van der Waals surface area contributed by atoms with E-state index in [1.807, 2.05) is 37.3 Å². The Morgan fingerprint density at radius 2 is 1.68 bits per heavy atom. The number of phenols is 1. The third-order valence-electron chi connectivity index (χ3n) is 3.81. The van der Waals surface area contributed by atoms with Gasteiger partial charge in [-0.05, 0) is 30.2 Å². The minimum atomic E-state index is -0.822. The first-order valence-corrected chi connectivity index (χ1v) is 7.97. The van der Waals surface area contributed by atoms with E-state index in [1.54, 1.807) is 12.1 Å². The zero-order valence-electron chi connectivity index (χ0n) is 14.2. The van der Waals surface area contributed by atoms with Gasteiger partial charge in [0.15, 0.2) is 0 Å². The number of phenolic OH excluding ortho intramolecular Hbond substituents is 1. The summed E-state index contributed by atoms with van der Waals surface area (Å²) in [6.07, 6.45) is 0.264. The summed E-state index contributed by atoms with van der Waals surface area (Å²) in [6.45, 7) is 1.86. The summed E-state index contributed by atoms with van der Waals surface area (Å²) in [4.78, 5) is 24.2. The Bertz CT molecular complexity index is 701. The summed E-state index contributed by atoms with van der Waals surface area (Å²) in [5.41, 5.74) is 1.76. The van der Waals surface area contributed by atoms with Crippen molar-refractivity contribution >= 4 is 12.0 Å². The van der Waals surface area contributed by atoms with Gasteiger partial charge in [0.1, 0.15) is 11.8 Å². The van der Waals surface area contributed by atoms with Gasteiger partial charge in [-0.25, -0.2) is 9.59 Å². The van der Waals surface area contributed by atoms with Crippen molar-refractivity contribution in [1.82, 2.24) is 10.6 Å². The molecule has 0 aliphatic heterocycles. The van der Waals surface area contributed by atoms with E-state index in [0.29, 0.717) is 0 Å². The molecule has 0 bridgehead atoms. The fraction of sp³-hybridized carbons (Fsp3) is 0.263. The van der Waals surface area contributed by atoms with Crippen LogP contribution in [0.15, 0.2) is 54.6 Å². The molecule has 25 heavy (non-hydrogen) atoms. The number of urea groups is 1. The second-order valence-electron chi connectivity index (χ2n) is 5.70. The van der Waals surface area contributed by atoms with E-state index in [1.165, 1.54) is 19.2 Å². The first-order chi connectivity index (χ1) is 12.0. The van der Waals surface area contributed by atoms with E-state index in [-0.39, 0.29) is 18.2 Å². The van der Waals surface area contributed by atoms with E-state index >= 15 is 0 Å². The van der Waals surface area contributed by atoms with Crippen molar-refractivity contribution in [2.75, 3.05) is 7.11 Å². The average molecular weight is 342 g/mol. The van der Waals surface area contributed by atoms with E-state index in [4.69, 9.17) is 4.74 Å². The lowest BCUT2D eigenvalue weighted by molar-refractivity contribution is -0.142. The maximum atomic E-state index is 12.2. The highest BCUT2D eigenvalue weighted by Gasteiger charge is 2.22. The Morgan fingerprint density at radius 3 is 2.28 bits per heavy atom. The highest BCUT2D eigenvalue weighted by Crippen LogP contribution is 2.13. The summed E-state index contributed by atoms with van der Waals surface area (Å²) in [7, 11) is 1.28. The Labute approximate surface area is 146 Å². The molecule has 0 saturated heterocycles. The molecule has 0 aromatic heterocycles. The first kappa shape index (κ1) is 18.3. The van der Waals surface area contributed by atoms with Crippen LogP contribution in [0.4, 0.5) is 4.79 Å². The second kappa shape index (κ2) is 8.73. The van der Waals surface area contributed by atoms with E-state index in [0.717, 1.165) is 11.1 Å². The Morgan fingerprint density at radius 1 is 1.04 bits per heavy atom. The molecule has 0 aliphatic carbocycles. The van der Waals surface area contributed by atoms with Gasteiger partial charge in [-0.3, -0.25) is 0 Å². The lowest BCUT2D eigenvalue weighted by Crippen LogP contribution is -2.48. The number of carbonyl (C=O) groups is 2. The van der Waals surface area contributed by atoms with Gasteiger partial charge >= 0.3 is 12.0 Å². The van der Waals surface area contributed by atoms with Gasteiger partial charge in [-0.1, -0.05) is 42.5 Å². The van der Waals surface area contributed by atoms with Gasteiger partial charge in [-0.2, -0.15) is 0 Å². The topological polar surface area (TPSA) is 87.7 Å². The maximum Gasteiger partial charge on any atom is 0.328 e. The van der Waals surface area contributed by atoms with Gasteiger partial charge in [0.25, 0.3) is 0 Å².